The van der Waals surface area contributed by atoms with Crippen LogP contribution >= 0.6 is 0 Å². The van der Waals surface area contributed by atoms with Gasteiger partial charge >= 0.3 is 0 Å². The molecule has 0 saturated carbocycles. The Morgan fingerprint density at radius 1 is 0.451 bits per heavy atom. The molecule has 1 aliphatic rings. The van der Waals surface area contributed by atoms with E-state index in [1.165, 1.54) is 50.0 Å². The SMILES string of the molecule is CC1(C)c2ccccc2-c2cccc(N(c3ccc(-c4ccccc4)cc3)c3ccc(-c4cccc5oc6c7ccccc7ccc6c45)cc3)c21. The van der Waals surface area contributed by atoms with Crippen LogP contribution in [0.25, 0.3) is 66.1 Å². The highest BCUT2D eigenvalue weighted by molar-refractivity contribution is 6.19. The summed E-state index contributed by atoms with van der Waals surface area (Å²) in [6.45, 7) is 4.72. The molecular formula is C49H35NO. The van der Waals surface area contributed by atoms with Crippen molar-refractivity contribution in [2.45, 2.75) is 19.3 Å². The lowest BCUT2D eigenvalue weighted by Crippen LogP contribution is -2.20. The topological polar surface area (TPSA) is 16.4 Å². The van der Waals surface area contributed by atoms with Crippen LogP contribution in [0.3, 0.4) is 0 Å². The van der Waals surface area contributed by atoms with Crippen molar-refractivity contribution < 1.29 is 4.42 Å². The molecule has 1 heterocycles. The zero-order valence-corrected chi connectivity index (χ0v) is 28.6. The van der Waals surface area contributed by atoms with E-state index in [1.807, 2.05) is 0 Å². The summed E-state index contributed by atoms with van der Waals surface area (Å²) in [4.78, 5) is 2.44. The molecule has 0 atom stereocenters. The smallest absolute Gasteiger partial charge is 0.143 e. The van der Waals surface area contributed by atoms with E-state index in [-0.39, 0.29) is 5.41 Å². The lowest BCUT2D eigenvalue weighted by atomic mass is 9.81. The third-order valence-corrected chi connectivity index (χ3v) is 10.9. The number of benzene rings is 8. The second kappa shape index (κ2) is 11.3. The Balaban J connectivity index is 1.13. The average Bonchev–Trinajstić information content (AvgIpc) is 3.69. The van der Waals surface area contributed by atoms with Gasteiger partial charge in [0.2, 0.25) is 0 Å². The van der Waals surface area contributed by atoms with Crippen LogP contribution in [0.15, 0.2) is 180 Å². The van der Waals surface area contributed by atoms with Crippen LogP contribution in [-0.2, 0) is 5.41 Å². The van der Waals surface area contributed by atoms with E-state index >= 15 is 0 Å². The van der Waals surface area contributed by atoms with Gasteiger partial charge in [0.1, 0.15) is 11.2 Å². The predicted octanol–water partition coefficient (Wildman–Crippen LogP) is 13.8. The fourth-order valence-corrected chi connectivity index (χ4v) is 8.45. The molecular weight excluding hydrogens is 619 g/mol. The Bertz CT molecular complexity index is 2750. The van der Waals surface area contributed by atoms with Crippen molar-refractivity contribution in [1.82, 2.24) is 0 Å². The van der Waals surface area contributed by atoms with Crippen molar-refractivity contribution in [2.75, 3.05) is 4.90 Å². The first kappa shape index (κ1) is 29.5. The summed E-state index contributed by atoms with van der Waals surface area (Å²) >= 11 is 0. The lowest BCUT2D eigenvalue weighted by Gasteiger charge is -2.32. The van der Waals surface area contributed by atoms with Gasteiger partial charge in [0, 0.05) is 32.9 Å². The zero-order valence-electron chi connectivity index (χ0n) is 28.6. The van der Waals surface area contributed by atoms with Crippen LogP contribution in [0.4, 0.5) is 17.1 Å². The number of fused-ring (bicyclic) bond motifs is 8. The maximum atomic E-state index is 6.53. The van der Waals surface area contributed by atoms with E-state index in [4.69, 9.17) is 4.42 Å². The molecule has 0 aliphatic heterocycles. The van der Waals surface area contributed by atoms with E-state index in [0.29, 0.717) is 0 Å². The molecule has 0 N–H and O–H groups in total. The second-order valence-electron chi connectivity index (χ2n) is 14.1. The van der Waals surface area contributed by atoms with Crippen LogP contribution in [0, 0.1) is 0 Å². The number of rotatable bonds is 5. The molecule has 8 aromatic carbocycles. The number of anilines is 3. The molecule has 0 spiro atoms. The van der Waals surface area contributed by atoms with Crippen LogP contribution in [0.5, 0.6) is 0 Å². The molecule has 242 valence electrons. The Labute approximate surface area is 297 Å². The summed E-state index contributed by atoms with van der Waals surface area (Å²) in [6, 6.07) is 63.6. The number of hydrogen-bond donors (Lipinski definition) is 0. The molecule has 2 nitrogen and oxygen atoms in total. The average molecular weight is 654 g/mol. The Kier molecular flexibility index (Phi) is 6.56. The largest absolute Gasteiger partial charge is 0.455 e. The van der Waals surface area contributed by atoms with Gasteiger partial charge in [0.05, 0.1) is 5.69 Å². The highest BCUT2D eigenvalue weighted by Crippen LogP contribution is 2.54. The quantitative estimate of drug-likeness (QED) is 0.184. The van der Waals surface area contributed by atoms with Crippen molar-refractivity contribution in [3.05, 3.63) is 187 Å². The van der Waals surface area contributed by atoms with Crippen molar-refractivity contribution >= 4 is 49.8 Å². The third-order valence-electron chi connectivity index (χ3n) is 10.9. The number of hydrogen-bond acceptors (Lipinski definition) is 2. The molecule has 0 saturated heterocycles. The second-order valence-corrected chi connectivity index (χ2v) is 14.1. The molecule has 0 unspecified atom stereocenters. The summed E-state index contributed by atoms with van der Waals surface area (Å²) in [7, 11) is 0. The monoisotopic (exact) mass is 653 g/mol. The normalized spacial score (nSPS) is 13.1. The van der Waals surface area contributed by atoms with Gasteiger partial charge in [0.25, 0.3) is 0 Å². The molecule has 1 aromatic heterocycles. The molecule has 0 amide bonds. The minimum absolute atomic E-state index is 0.160. The first-order chi connectivity index (χ1) is 25.1. The zero-order chi connectivity index (χ0) is 34.1. The summed E-state index contributed by atoms with van der Waals surface area (Å²) in [5.74, 6) is 0. The van der Waals surface area contributed by atoms with E-state index in [0.717, 1.165) is 44.3 Å². The van der Waals surface area contributed by atoms with E-state index in [1.54, 1.807) is 0 Å². The molecule has 9 aromatic rings. The third kappa shape index (κ3) is 4.57. The molecule has 10 rings (SSSR count). The summed E-state index contributed by atoms with van der Waals surface area (Å²) in [6.07, 6.45) is 0. The van der Waals surface area contributed by atoms with Crippen LogP contribution in [0.2, 0.25) is 0 Å². The molecule has 2 heteroatoms. The fraction of sp³-hybridized carbons (Fsp3) is 0.0612. The number of nitrogens with zero attached hydrogens (tertiary/aromatic N) is 1. The van der Waals surface area contributed by atoms with Gasteiger partial charge in [-0.15, -0.1) is 0 Å². The molecule has 0 radical (unpaired) electrons. The minimum Gasteiger partial charge on any atom is -0.455 e. The summed E-state index contributed by atoms with van der Waals surface area (Å²) in [5, 5.41) is 4.62. The van der Waals surface area contributed by atoms with Crippen molar-refractivity contribution in [3.63, 3.8) is 0 Å². The van der Waals surface area contributed by atoms with Crippen molar-refractivity contribution in [3.8, 4) is 33.4 Å². The van der Waals surface area contributed by atoms with Gasteiger partial charge < -0.3 is 9.32 Å². The standard InChI is InChI=1S/C49H35NO/c1-49(2)43-19-9-8-16-40(43)41-18-10-20-44(47(41)49)50(36-27-22-33(23-28-36)32-12-4-3-5-13-32)37-29-24-35(25-30-37)38-17-11-21-45-46(38)42-31-26-34-14-6-7-15-39(34)48(42)51-45/h3-31H,1-2H3. The van der Waals surface area contributed by atoms with E-state index in [9.17, 15) is 0 Å². The Hall–Kier alpha value is -6.38. The van der Waals surface area contributed by atoms with Gasteiger partial charge in [-0.25, -0.2) is 0 Å². The first-order valence-corrected chi connectivity index (χ1v) is 17.7. The summed E-state index contributed by atoms with van der Waals surface area (Å²) in [5.41, 5.74) is 15.2. The van der Waals surface area contributed by atoms with Gasteiger partial charge in [-0.05, 0) is 92.4 Å². The van der Waals surface area contributed by atoms with Crippen LogP contribution in [-0.4, -0.2) is 0 Å². The van der Waals surface area contributed by atoms with Gasteiger partial charge in [-0.1, -0.05) is 147 Å². The van der Waals surface area contributed by atoms with E-state index in [2.05, 4.69) is 195 Å². The highest BCUT2D eigenvalue weighted by Gasteiger charge is 2.38. The maximum Gasteiger partial charge on any atom is 0.143 e. The van der Waals surface area contributed by atoms with Crippen LogP contribution in [0.1, 0.15) is 25.0 Å². The molecule has 1 aliphatic carbocycles. The Morgan fingerprint density at radius 2 is 1.08 bits per heavy atom. The van der Waals surface area contributed by atoms with Crippen LogP contribution < -0.4 is 4.90 Å². The first-order valence-electron chi connectivity index (χ1n) is 17.7. The lowest BCUT2D eigenvalue weighted by molar-refractivity contribution is 0.661. The van der Waals surface area contributed by atoms with Crippen molar-refractivity contribution in [2.24, 2.45) is 0 Å². The van der Waals surface area contributed by atoms with Gasteiger partial charge in [-0.3, -0.25) is 0 Å². The minimum atomic E-state index is -0.160. The highest BCUT2D eigenvalue weighted by atomic mass is 16.3. The Morgan fingerprint density at radius 3 is 1.88 bits per heavy atom. The maximum absolute atomic E-state index is 6.53. The molecule has 0 fully saturated rings. The predicted molar refractivity (Wildman–Crippen MR) is 214 cm³/mol. The van der Waals surface area contributed by atoms with E-state index < -0.39 is 0 Å². The van der Waals surface area contributed by atoms with Gasteiger partial charge in [0.15, 0.2) is 0 Å². The van der Waals surface area contributed by atoms with Crippen molar-refractivity contribution in [1.29, 1.82) is 0 Å². The molecule has 51 heavy (non-hydrogen) atoms. The fourth-order valence-electron chi connectivity index (χ4n) is 8.45. The summed E-state index contributed by atoms with van der Waals surface area (Å²) < 4.78 is 6.53. The van der Waals surface area contributed by atoms with Gasteiger partial charge in [-0.2, -0.15) is 0 Å². The molecule has 0 bridgehead atoms. The number of furan rings is 1.